The zero-order valence-corrected chi connectivity index (χ0v) is 14.8. The van der Waals surface area contributed by atoms with Gasteiger partial charge in [0.1, 0.15) is 11.6 Å². The van der Waals surface area contributed by atoms with Gasteiger partial charge in [-0.3, -0.25) is 4.90 Å². The number of piperazine rings is 1. The summed E-state index contributed by atoms with van der Waals surface area (Å²) in [4.78, 5) is 13.7. The fourth-order valence-electron chi connectivity index (χ4n) is 3.87. The van der Waals surface area contributed by atoms with Crippen molar-refractivity contribution in [3.05, 3.63) is 17.6 Å². The van der Waals surface area contributed by atoms with Gasteiger partial charge in [-0.05, 0) is 45.4 Å². The molecule has 0 spiro atoms. The zero-order valence-electron chi connectivity index (χ0n) is 14.8. The summed E-state index contributed by atoms with van der Waals surface area (Å²) >= 11 is 0. The third-order valence-corrected chi connectivity index (χ3v) is 5.37. The van der Waals surface area contributed by atoms with E-state index in [1.165, 1.54) is 0 Å². The van der Waals surface area contributed by atoms with Crippen LogP contribution < -0.4 is 4.90 Å². The number of hydrogen-bond donors (Lipinski definition) is 1. The molecule has 0 atom stereocenters. The number of aromatic nitrogens is 2. The topological polar surface area (TPSA) is 52.5 Å². The predicted molar refractivity (Wildman–Crippen MR) is 92.7 cm³/mol. The van der Waals surface area contributed by atoms with E-state index in [2.05, 4.69) is 32.8 Å². The molecule has 1 aliphatic heterocycles. The molecule has 1 aliphatic carbocycles. The summed E-state index contributed by atoms with van der Waals surface area (Å²) in [5, 5.41) is 10.8. The smallest absolute Gasteiger partial charge is 0.132 e. The summed E-state index contributed by atoms with van der Waals surface area (Å²) in [6.07, 6.45) is 4.24. The van der Waals surface area contributed by atoms with E-state index in [1.54, 1.807) is 0 Å². The number of aliphatic hydroxyl groups is 1. The molecule has 1 N–H and O–H groups in total. The molecule has 1 saturated carbocycles. The van der Waals surface area contributed by atoms with E-state index in [9.17, 15) is 5.11 Å². The molecule has 2 fully saturated rings. The Morgan fingerprint density at radius 2 is 1.78 bits per heavy atom. The normalized spacial score (nSPS) is 29.7. The first-order chi connectivity index (χ1) is 10.9. The van der Waals surface area contributed by atoms with Crippen LogP contribution in [-0.2, 0) is 0 Å². The molecule has 0 radical (unpaired) electrons. The van der Waals surface area contributed by atoms with Gasteiger partial charge in [-0.2, -0.15) is 0 Å². The van der Waals surface area contributed by atoms with Crippen LogP contribution in [0.3, 0.4) is 0 Å². The second-order valence-electron chi connectivity index (χ2n) is 7.58. The Kier molecular flexibility index (Phi) is 4.87. The maximum atomic E-state index is 10.8. The van der Waals surface area contributed by atoms with Crippen molar-refractivity contribution in [2.24, 2.45) is 5.92 Å². The molecule has 0 unspecified atom stereocenters. The second kappa shape index (κ2) is 6.73. The van der Waals surface area contributed by atoms with Crippen molar-refractivity contribution in [3.8, 4) is 0 Å². The lowest BCUT2D eigenvalue weighted by Gasteiger charge is -2.42. The molecule has 1 aromatic rings. The first-order valence-electron chi connectivity index (χ1n) is 8.95. The maximum Gasteiger partial charge on any atom is 0.132 e. The third kappa shape index (κ3) is 4.21. The molecule has 5 heteroatoms. The average Bonchev–Trinajstić information content (AvgIpc) is 2.50. The lowest BCUT2D eigenvalue weighted by atomic mass is 9.79. The molecular weight excluding hydrogens is 288 g/mol. The van der Waals surface area contributed by atoms with Crippen molar-refractivity contribution in [2.75, 3.05) is 37.6 Å². The Morgan fingerprint density at radius 1 is 1.13 bits per heavy atom. The highest BCUT2D eigenvalue weighted by atomic mass is 16.3. The van der Waals surface area contributed by atoms with Crippen LogP contribution in [0.4, 0.5) is 5.82 Å². The zero-order chi connectivity index (χ0) is 16.4. The van der Waals surface area contributed by atoms with Crippen LogP contribution in [0.25, 0.3) is 0 Å². The molecular formula is C18H30N4O. The lowest BCUT2D eigenvalue weighted by molar-refractivity contribution is -0.0359. The van der Waals surface area contributed by atoms with Gasteiger partial charge in [0.15, 0.2) is 0 Å². The first kappa shape index (κ1) is 16.7. The SMILES string of the molecule is Cc1cc(N2CCN(CC3(O)CCC(C)CC3)CC2)nc(C)n1. The van der Waals surface area contributed by atoms with Gasteiger partial charge in [-0.1, -0.05) is 6.92 Å². The standard InChI is InChI=1S/C18H30N4O/c1-14-4-6-18(23,7-5-14)13-21-8-10-22(11-9-21)17-12-15(2)19-16(3)20-17/h12,14,23H,4-11,13H2,1-3H3. The molecule has 2 heterocycles. The number of rotatable bonds is 3. The molecule has 0 amide bonds. The quantitative estimate of drug-likeness (QED) is 0.925. The molecule has 5 nitrogen and oxygen atoms in total. The van der Waals surface area contributed by atoms with Crippen molar-refractivity contribution in [3.63, 3.8) is 0 Å². The Bertz CT molecular complexity index is 512. The monoisotopic (exact) mass is 318 g/mol. The van der Waals surface area contributed by atoms with E-state index >= 15 is 0 Å². The van der Waals surface area contributed by atoms with Crippen molar-refractivity contribution in [1.29, 1.82) is 0 Å². The van der Waals surface area contributed by atoms with Crippen molar-refractivity contribution in [1.82, 2.24) is 14.9 Å². The van der Waals surface area contributed by atoms with Gasteiger partial charge in [-0.15, -0.1) is 0 Å². The number of nitrogens with zero attached hydrogens (tertiary/aromatic N) is 4. The van der Waals surface area contributed by atoms with E-state index in [1.807, 2.05) is 13.8 Å². The molecule has 1 saturated heterocycles. The van der Waals surface area contributed by atoms with Crippen LogP contribution >= 0.6 is 0 Å². The van der Waals surface area contributed by atoms with Gasteiger partial charge < -0.3 is 10.0 Å². The molecule has 0 bridgehead atoms. The molecule has 23 heavy (non-hydrogen) atoms. The highest BCUT2D eigenvalue weighted by Crippen LogP contribution is 2.32. The summed E-state index contributed by atoms with van der Waals surface area (Å²) in [7, 11) is 0. The van der Waals surface area contributed by atoms with E-state index in [-0.39, 0.29) is 0 Å². The minimum atomic E-state index is -0.462. The fourth-order valence-corrected chi connectivity index (χ4v) is 3.87. The summed E-state index contributed by atoms with van der Waals surface area (Å²) in [6.45, 7) is 11.0. The average molecular weight is 318 g/mol. The van der Waals surface area contributed by atoms with Crippen LogP contribution in [-0.4, -0.2) is 58.3 Å². The molecule has 128 valence electrons. The van der Waals surface area contributed by atoms with Crippen LogP contribution in [0.1, 0.15) is 44.1 Å². The van der Waals surface area contributed by atoms with E-state index in [0.29, 0.717) is 0 Å². The van der Waals surface area contributed by atoms with Gasteiger partial charge in [0.25, 0.3) is 0 Å². The number of anilines is 1. The van der Waals surface area contributed by atoms with Gasteiger partial charge in [0.2, 0.25) is 0 Å². The van der Waals surface area contributed by atoms with Gasteiger partial charge in [0.05, 0.1) is 5.60 Å². The number of aryl methyl sites for hydroxylation is 2. The lowest BCUT2D eigenvalue weighted by Crippen LogP contribution is -2.53. The number of hydrogen-bond acceptors (Lipinski definition) is 5. The van der Waals surface area contributed by atoms with Gasteiger partial charge >= 0.3 is 0 Å². The molecule has 3 rings (SSSR count). The second-order valence-corrected chi connectivity index (χ2v) is 7.58. The van der Waals surface area contributed by atoms with Crippen molar-refractivity contribution >= 4 is 5.82 Å². The Balaban J connectivity index is 1.54. The molecule has 1 aromatic heterocycles. The van der Waals surface area contributed by atoms with Crippen LogP contribution in [0.2, 0.25) is 0 Å². The van der Waals surface area contributed by atoms with Crippen LogP contribution in [0, 0.1) is 19.8 Å². The van der Waals surface area contributed by atoms with E-state index < -0.39 is 5.60 Å². The first-order valence-corrected chi connectivity index (χ1v) is 8.95. The summed E-state index contributed by atoms with van der Waals surface area (Å²) < 4.78 is 0. The van der Waals surface area contributed by atoms with Gasteiger partial charge in [-0.25, -0.2) is 9.97 Å². The molecule has 2 aliphatic rings. The Hall–Kier alpha value is -1.20. The minimum Gasteiger partial charge on any atom is -0.389 e. The summed E-state index contributed by atoms with van der Waals surface area (Å²) in [5.41, 5.74) is 0.567. The highest BCUT2D eigenvalue weighted by molar-refractivity contribution is 5.40. The van der Waals surface area contributed by atoms with Crippen LogP contribution in [0.5, 0.6) is 0 Å². The van der Waals surface area contributed by atoms with E-state index in [0.717, 1.165) is 81.7 Å². The third-order valence-electron chi connectivity index (χ3n) is 5.37. The Labute approximate surface area is 139 Å². The van der Waals surface area contributed by atoms with Crippen LogP contribution in [0.15, 0.2) is 6.07 Å². The maximum absolute atomic E-state index is 10.8. The summed E-state index contributed by atoms with van der Waals surface area (Å²) in [5.74, 6) is 2.66. The van der Waals surface area contributed by atoms with Crippen molar-refractivity contribution in [2.45, 2.75) is 52.1 Å². The van der Waals surface area contributed by atoms with E-state index in [4.69, 9.17) is 0 Å². The highest BCUT2D eigenvalue weighted by Gasteiger charge is 2.34. The number of β-amino-alcohol motifs (C(OH)–C–C–N with tert-alkyl or cyclic N) is 1. The predicted octanol–water partition coefficient (Wildman–Crippen LogP) is 2.16. The summed E-state index contributed by atoms with van der Waals surface area (Å²) in [6, 6.07) is 2.07. The largest absolute Gasteiger partial charge is 0.389 e. The van der Waals surface area contributed by atoms with Crippen molar-refractivity contribution < 1.29 is 5.11 Å². The molecule has 0 aromatic carbocycles. The minimum absolute atomic E-state index is 0.462. The Morgan fingerprint density at radius 3 is 2.39 bits per heavy atom. The fraction of sp³-hybridized carbons (Fsp3) is 0.778. The van der Waals surface area contributed by atoms with Gasteiger partial charge in [0, 0.05) is 44.5 Å².